The molecule has 0 aliphatic heterocycles. The van der Waals surface area contributed by atoms with Crippen molar-refractivity contribution < 1.29 is 14.7 Å². The highest BCUT2D eigenvalue weighted by atomic mass is 32.1. The van der Waals surface area contributed by atoms with Gasteiger partial charge in [0.05, 0.1) is 11.8 Å². The third-order valence-corrected chi connectivity index (χ3v) is 4.15. The number of hydrogen-bond donors (Lipinski definition) is 2. The molecule has 1 aromatic rings. The smallest absolute Gasteiger partial charge is 0.307 e. The van der Waals surface area contributed by atoms with E-state index in [0.717, 1.165) is 5.56 Å². The third-order valence-electron chi connectivity index (χ3n) is 3.42. The van der Waals surface area contributed by atoms with Crippen LogP contribution in [0.1, 0.15) is 19.4 Å². The van der Waals surface area contributed by atoms with E-state index in [1.54, 1.807) is 11.3 Å². The van der Waals surface area contributed by atoms with Crippen LogP contribution in [0.5, 0.6) is 0 Å². The highest BCUT2D eigenvalue weighted by molar-refractivity contribution is 7.07. The summed E-state index contributed by atoms with van der Waals surface area (Å²) in [5.74, 6) is -2.00. The summed E-state index contributed by atoms with van der Waals surface area (Å²) in [6, 6.07) is 1.94. The van der Waals surface area contributed by atoms with E-state index in [1.807, 2.05) is 30.7 Å². The summed E-state index contributed by atoms with van der Waals surface area (Å²) in [5.41, 5.74) is 0.624. The molecule has 0 spiro atoms. The standard InChI is InChI=1S/C12H15NO3S/c1-12(2)8(9(12)11(15)16)10(14)13-5-7-3-4-17-6-7/h3-4,6,8-9H,5H2,1-2H3,(H,13,14)(H,15,16). The fourth-order valence-corrected chi connectivity index (χ4v) is 2.95. The lowest BCUT2D eigenvalue weighted by Gasteiger charge is -2.04. The fourth-order valence-electron chi connectivity index (χ4n) is 2.28. The average Bonchev–Trinajstić information content (AvgIpc) is 2.65. The summed E-state index contributed by atoms with van der Waals surface area (Å²) in [7, 11) is 0. The maximum absolute atomic E-state index is 11.9. The van der Waals surface area contributed by atoms with E-state index in [2.05, 4.69) is 5.32 Å². The number of carboxylic acid groups (broad SMARTS) is 1. The van der Waals surface area contributed by atoms with Crippen LogP contribution >= 0.6 is 11.3 Å². The lowest BCUT2D eigenvalue weighted by atomic mass is 10.1. The van der Waals surface area contributed by atoms with Crippen molar-refractivity contribution in [1.29, 1.82) is 0 Å². The lowest BCUT2D eigenvalue weighted by Crippen LogP contribution is -2.26. The molecule has 1 heterocycles. The van der Waals surface area contributed by atoms with Gasteiger partial charge in [-0.05, 0) is 27.8 Å². The molecule has 0 bridgehead atoms. The van der Waals surface area contributed by atoms with E-state index in [1.165, 1.54) is 0 Å². The summed E-state index contributed by atoms with van der Waals surface area (Å²) in [4.78, 5) is 22.8. The maximum Gasteiger partial charge on any atom is 0.307 e. The van der Waals surface area contributed by atoms with Crippen molar-refractivity contribution in [2.24, 2.45) is 17.3 Å². The predicted octanol–water partition coefficient (Wildman–Crippen LogP) is 1.72. The number of amides is 1. The minimum Gasteiger partial charge on any atom is -0.481 e. The van der Waals surface area contributed by atoms with Crippen molar-refractivity contribution >= 4 is 23.2 Å². The topological polar surface area (TPSA) is 66.4 Å². The fraction of sp³-hybridized carbons (Fsp3) is 0.500. The largest absolute Gasteiger partial charge is 0.481 e. The highest BCUT2D eigenvalue weighted by Crippen LogP contribution is 2.58. The average molecular weight is 253 g/mol. The molecule has 1 saturated carbocycles. The molecular weight excluding hydrogens is 238 g/mol. The Kier molecular flexibility index (Phi) is 2.95. The number of carboxylic acids is 1. The summed E-state index contributed by atoms with van der Waals surface area (Å²) >= 11 is 1.58. The molecule has 0 saturated heterocycles. The summed E-state index contributed by atoms with van der Waals surface area (Å²) in [6.45, 7) is 4.11. The minimum atomic E-state index is -0.884. The van der Waals surface area contributed by atoms with Crippen molar-refractivity contribution in [3.8, 4) is 0 Å². The van der Waals surface area contributed by atoms with Gasteiger partial charge in [0.2, 0.25) is 5.91 Å². The van der Waals surface area contributed by atoms with Crippen molar-refractivity contribution in [3.05, 3.63) is 22.4 Å². The Labute approximate surface area is 104 Å². The summed E-state index contributed by atoms with van der Waals surface area (Å²) in [6.07, 6.45) is 0. The van der Waals surface area contributed by atoms with Gasteiger partial charge in [-0.2, -0.15) is 11.3 Å². The van der Waals surface area contributed by atoms with Crippen molar-refractivity contribution in [1.82, 2.24) is 5.32 Å². The first-order chi connectivity index (χ1) is 7.94. The van der Waals surface area contributed by atoms with E-state index in [0.29, 0.717) is 6.54 Å². The molecule has 2 atom stereocenters. The van der Waals surface area contributed by atoms with Gasteiger partial charge in [0.1, 0.15) is 0 Å². The zero-order chi connectivity index (χ0) is 12.6. The molecular formula is C12H15NO3S. The third kappa shape index (κ3) is 2.20. The first-order valence-corrected chi connectivity index (χ1v) is 6.40. The number of hydrogen-bond acceptors (Lipinski definition) is 3. The molecule has 1 aliphatic rings. The van der Waals surface area contributed by atoms with Crippen LogP contribution in [0, 0.1) is 17.3 Å². The van der Waals surface area contributed by atoms with Gasteiger partial charge in [-0.1, -0.05) is 13.8 Å². The first kappa shape index (κ1) is 12.1. The lowest BCUT2D eigenvalue weighted by molar-refractivity contribution is -0.140. The molecule has 0 radical (unpaired) electrons. The quantitative estimate of drug-likeness (QED) is 0.858. The van der Waals surface area contributed by atoms with Crippen LogP contribution in [0.2, 0.25) is 0 Å². The number of rotatable bonds is 4. The normalized spacial score (nSPS) is 25.3. The minimum absolute atomic E-state index is 0.159. The van der Waals surface area contributed by atoms with E-state index < -0.39 is 23.2 Å². The van der Waals surface area contributed by atoms with Crippen LogP contribution in [-0.4, -0.2) is 17.0 Å². The van der Waals surface area contributed by atoms with Crippen LogP contribution < -0.4 is 5.32 Å². The number of nitrogens with one attached hydrogen (secondary N) is 1. The Morgan fingerprint density at radius 1 is 1.47 bits per heavy atom. The molecule has 2 N–H and O–H groups in total. The molecule has 1 fully saturated rings. The predicted molar refractivity (Wildman–Crippen MR) is 64.6 cm³/mol. The molecule has 1 amide bonds. The van der Waals surface area contributed by atoms with Crippen molar-refractivity contribution in [2.45, 2.75) is 20.4 Å². The van der Waals surface area contributed by atoms with E-state index in [-0.39, 0.29) is 5.91 Å². The first-order valence-electron chi connectivity index (χ1n) is 5.46. The molecule has 2 rings (SSSR count). The zero-order valence-electron chi connectivity index (χ0n) is 9.77. The Hall–Kier alpha value is -1.36. The van der Waals surface area contributed by atoms with Gasteiger partial charge < -0.3 is 10.4 Å². The van der Waals surface area contributed by atoms with E-state index >= 15 is 0 Å². The molecule has 1 aromatic heterocycles. The number of aliphatic carboxylic acids is 1. The zero-order valence-corrected chi connectivity index (χ0v) is 10.6. The molecule has 1 aliphatic carbocycles. The Morgan fingerprint density at radius 2 is 2.18 bits per heavy atom. The number of carbonyl (C=O) groups is 2. The summed E-state index contributed by atoms with van der Waals surface area (Å²) < 4.78 is 0. The molecule has 0 aromatic carbocycles. The molecule has 92 valence electrons. The molecule has 2 unspecified atom stereocenters. The van der Waals surface area contributed by atoms with Crippen molar-refractivity contribution in [3.63, 3.8) is 0 Å². The second-order valence-corrected chi connectivity index (χ2v) is 5.74. The second-order valence-electron chi connectivity index (χ2n) is 4.96. The van der Waals surface area contributed by atoms with Gasteiger partial charge in [-0.3, -0.25) is 9.59 Å². The van der Waals surface area contributed by atoms with Gasteiger partial charge in [-0.25, -0.2) is 0 Å². The van der Waals surface area contributed by atoms with Gasteiger partial charge in [0.15, 0.2) is 0 Å². The van der Waals surface area contributed by atoms with Crippen LogP contribution in [0.3, 0.4) is 0 Å². The molecule has 4 nitrogen and oxygen atoms in total. The van der Waals surface area contributed by atoms with Gasteiger partial charge in [-0.15, -0.1) is 0 Å². The Morgan fingerprint density at radius 3 is 2.65 bits per heavy atom. The Bertz CT molecular complexity index is 439. The van der Waals surface area contributed by atoms with Crippen LogP contribution in [0.15, 0.2) is 16.8 Å². The molecule has 5 heteroatoms. The van der Waals surface area contributed by atoms with Crippen LogP contribution in [-0.2, 0) is 16.1 Å². The number of carbonyl (C=O) groups excluding carboxylic acids is 1. The van der Waals surface area contributed by atoms with Gasteiger partial charge >= 0.3 is 5.97 Å². The van der Waals surface area contributed by atoms with Gasteiger partial charge in [0.25, 0.3) is 0 Å². The molecule has 17 heavy (non-hydrogen) atoms. The summed E-state index contributed by atoms with van der Waals surface area (Å²) in [5, 5.41) is 15.7. The SMILES string of the molecule is CC1(C)C(C(=O)O)C1C(=O)NCc1ccsc1. The van der Waals surface area contributed by atoms with E-state index in [9.17, 15) is 9.59 Å². The van der Waals surface area contributed by atoms with Gasteiger partial charge in [0, 0.05) is 6.54 Å². The van der Waals surface area contributed by atoms with Crippen LogP contribution in [0.25, 0.3) is 0 Å². The Balaban J connectivity index is 1.92. The maximum atomic E-state index is 11.9. The van der Waals surface area contributed by atoms with Crippen LogP contribution in [0.4, 0.5) is 0 Å². The number of thiophene rings is 1. The van der Waals surface area contributed by atoms with E-state index in [4.69, 9.17) is 5.11 Å². The monoisotopic (exact) mass is 253 g/mol. The second kappa shape index (κ2) is 4.14. The van der Waals surface area contributed by atoms with Crippen molar-refractivity contribution in [2.75, 3.05) is 0 Å². The highest BCUT2D eigenvalue weighted by Gasteiger charge is 2.65.